The number of hydrogen-bond acceptors (Lipinski definition) is 4. The van der Waals surface area contributed by atoms with Gasteiger partial charge >= 0.3 is 5.97 Å². The first kappa shape index (κ1) is 20.7. The molecule has 0 fully saturated rings. The van der Waals surface area contributed by atoms with Gasteiger partial charge in [-0.15, -0.1) is 0 Å². The van der Waals surface area contributed by atoms with Crippen LogP contribution < -0.4 is 15.8 Å². The van der Waals surface area contributed by atoms with E-state index in [-0.39, 0.29) is 5.75 Å². The molecule has 1 aromatic carbocycles. The molecule has 6 heteroatoms. The number of carbonyl (C=O) groups excluding carboxylic acids is 3. The first-order chi connectivity index (χ1) is 11.9. The lowest BCUT2D eigenvalue weighted by Crippen LogP contribution is -2.44. The Kier molecular flexibility index (Phi) is 9.29. The van der Waals surface area contributed by atoms with Gasteiger partial charge in [-0.1, -0.05) is 51.5 Å². The van der Waals surface area contributed by atoms with Crippen LogP contribution in [-0.4, -0.2) is 23.8 Å². The van der Waals surface area contributed by atoms with E-state index in [9.17, 15) is 14.4 Å². The second-order valence-electron chi connectivity index (χ2n) is 6.11. The Morgan fingerprint density at radius 3 is 2.44 bits per heavy atom. The largest absolute Gasteiger partial charge is 0.427 e. The van der Waals surface area contributed by atoms with Gasteiger partial charge in [0.25, 0.3) is 5.91 Å². The van der Waals surface area contributed by atoms with Gasteiger partial charge in [0.15, 0.2) is 0 Å². The van der Waals surface area contributed by atoms with E-state index < -0.39 is 23.8 Å². The number of nitrogens with two attached hydrogens (primary N) is 1. The van der Waals surface area contributed by atoms with Gasteiger partial charge in [0.05, 0.1) is 0 Å². The van der Waals surface area contributed by atoms with Crippen LogP contribution in [0.1, 0.15) is 69.2 Å². The van der Waals surface area contributed by atoms with E-state index in [0.29, 0.717) is 12.0 Å². The van der Waals surface area contributed by atoms with E-state index in [0.717, 1.165) is 19.3 Å². The summed E-state index contributed by atoms with van der Waals surface area (Å²) in [7, 11) is 0. The van der Waals surface area contributed by atoms with Gasteiger partial charge in [0.2, 0.25) is 5.91 Å². The van der Waals surface area contributed by atoms with Crippen molar-refractivity contribution in [1.29, 1.82) is 0 Å². The topological polar surface area (TPSA) is 98.5 Å². The van der Waals surface area contributed by atoms with Gasteiger partial charge in [-0.3, -0.25) is 14.4 Å². The van der Waals surface area contributed by atoms with Gasteiger partial charge in [0, 0.05) is 12.5 Å². The number of rotatable bonds is 11. The molecule has 0 radical (unpaired) electrons. The maximum Gasteiger partial charge on any atom is 0.308 e. The van der Waals surface area contributed by atoms with Crippen LogP contribution >= 0.6 is 0 Å². The molecule has 1 atom stereocenters. The number of carbonyl (C=O) groups is 3. The molecule has 0 saturated heterocycles. The fourth-order valence-electron chi connectivity index (χ4n) is 2.52. The maximum absolute atomic E-state index is 12.3. The van der Waals surface area contributed by atoms with Crippen molar-refractivity contribution in [3.8, 4) is 5.75 Å². The highest BCUT2D eigenvalue weighted by molar-refractivity contribution is 5.97. The first-order valence-corrected chi connectivity index (χ1v) is 8.82. The molecule has 3 N–H and O–H groups in total. The number of ether oxygens (including phenoxy) is 1. The fourth-order valence-corrected chi connectivity index (χ4v) is 2.52. The van der Waals surface area contributed by atoms with E-state index >= 15 is 0 Å². The van der Waals surface area contributed by atoms with Crippen molar-refractivity contribution in [2.45, 2.75) is 64.8 Å². The van der Waals surface area contributed by atoms with Crippen molar-refractivity contribution in [2.24, 2.45) is 5.73 Å². The zero-order valence-electron chi connectivity index (χ0n) is 15.0. The average Bonchev–Trinajstić information content (AvgIpc) is 2.56. The Bertz CT molecular complexity index is 587. The van der Waals surface area contributed by atoms with Crippen LogP contribution in [0.5, 0.6) is 5.75 Å². The average molecular weight is 348 g/mol. The second kappa shape index (κ2) is 11.2. The van der Waals surface area contributed by atoms with Crippen LogP contribution in [0.2, 0.25) is 0 Å². The van der Waals surface area contributed by atoms with Crippen LogP contribution in [0.4, 0.5) is 0 Å². The number of esters is 1. The molecule has 1 aromatic rings. The van der Waals surface area contributed by atoms with Crippen LogP contribution in [0.3, 0.4) is 0 Å². The summed E-state index contributed by atoms with van der Waals surface area (Å²) in [5.74, 6) is -1.14. The molecule has 138 valence electrons. The van der Waals surface area contributed by atoms with Crippen molar-refractivity contribution in [1.82, 2.24) is 5.32 Å². The normalized spacial score (nSPS) is 11.6. The Morgan fingerprint density at radius 1 is 1.12 bits per heavy atom. The van der Waals surface area contributed by atoms with Crippen molar-refractivity contribution in [3.05, 3.63) is 29.8 Å². The Labute approximate surface area is 149 Å². The SMILES string of the molecule is CCCCCCCC[C@@H](NC(=O)c1cccc(OC(C)=O)c1)C(N)=O. The molecule has 0 aromatic heterocycles. The van der Waals surface area contributed by atoms with Gasteiger partial charge in [-0.2, -0.15) is 0 Å². The van der Waals surface area contributed by atoms with Gasteiger partial charge < -0.3 is 15.8 Å². The van der Waals surface area contributed by atoms with Crippen LogP contribution in [0.15, 0.2) is 24.3 Å². The van der Waals surface area contributed by atoms with E-state index in [1.54, 1.807) is 18.2 Å². The van der Waals surface area contributed by atoms with E-state index in [2.05, 4.69) is 12.2 Å². The highest BCUT2D eigenvalue weighted by Crippen LogP contribution is 2.14. The third kappa shape index (κ3) is 8.33. The lowest BCUT2D eigenvalue weighted by atomic mass is 10.0. The molecule has 0 spiro atoms. The molecule has 1 rings (SSSR count). The number of nitrogens with one attached hydrogen (secondary N) is 1. The standard InChI is InChI=1S/C19H28N2O4/c1-3-4-5-6-7-8-12-17(18(20)23)21-19(24)15-10-9-11-16(13-15)25-14(2)22/h9-11,13,17H,3-8,12H2,1-2H3,(H2,20,23)(H,21,24)/t17-/m1/s1. The molecule has 2 amide bonds. The molecular weight excluding hydrogens is 320 g/mol. The number of amides is 2. The monoisotopic (exact) mass is 348 g/mol. The lowest BCUT2D eigenvalue weighted by molar-refractivity contribution is -0.131. The summed E-state index contributed by atoms with van der Waals surface area (Å²) < 4.78 is 4.96. The minimum absolute atomic E-state index is 0.284. The summed E-state index contributed by atoms with van der Waals surface area (Å²) in [6, 6.07) is 5.54. The Hall–Kier alpha value is -2.37. The predicted octanol–water partition coefficient (Wildman–Crippen LogP) is 2.95. The minimum atomic E-state index is -0.698. The van der Waals surface area contributed by atoms with Crippen molar-refractivity contribution in [3.63, 3.8) is 0 Å². The maximum atomic E-state index is 12.3. The molecule has 0 aliphatic heterocycles. The van der Waals surface area contributed by atoms with Gasteiger partial charge in [-0.25, -0.2) is 0 Å². The van der Waals surface area contributed by atoms with Crippen LogP contribution in [-0.2, 0) is 9.59 Å². The third-order valence-corrected chi connectivity index (χ3v) is 3.85. The molecule has 0 saturated carbocycles. The summed E-state index contributed by atoms with van der Waals surface area (Å²) in [6.45, 7) is 3.45. The third-order valence-electron chi connectivity index (χ3n) is 3.85. The molecule has 6 nitrogen and oxygen atoms in total. The van der Waals surface area contributed by atoms with Crippen LogP contribution in [0.25, 0.3) is 0 Å². The van der Waals surface area contributed by atoms with Gasteiger partial charge in [0.1, 0.15) is 11.8 Å². The van der Waals surface area contributed by atoms with Crippen molar-refractivity contribution < 1.29 is 19.1 Å². The molecule has 0 bridgehead atoms. The number of hydrogen-bond donors (Lipinski definition) is 2. The summed E-state index contributed by atoms with van der Waals surface area (Å²) in [5, 5.41) is 2.66. The Morgan fingerprint density at radius 2 is 1.80 bits per heavy atom. The zero-order chi connectivity index (χ0) is 18.7. The smallest absolute Gasteiger partial charge is 0.308 e. The molecule has 0 aliphatic carbocycles. The fraction of sp³-hybridized carbons (Fsp3) is 0.526. The highest BCUT2D eigenvalue weighted by Gasteiger charge is 2.19. The lowest BCUT2D eigenvalue weighted by Gasteiger charge is -2.15. The Balaban J connectivity index is 2.55. The minimum Gasteiger partial charge on any atom is -0.427 e. The quantitative estimate of drug-likeness (QED) is 0.365. The summed E-state index contributed by atoms with van der Waals surface area (Å²) in [5.41, 5.74) is 5.71. The van der Waals surface area contributed by atoms with Gasteiger partial charge in [-0.05, 0) is 24.6 Å². The molecular formula is C19H28N2O4. The predicted molar refractivity (Wildman–Crippen MR) is 96.2 cm³/mol. The molecule has 0 heterocycles. The van der Waals surface area contributed by atoms with E-state index in [4.69, 9.17) is 10.5 Å². The number of benzene rings is 1. The molecule has 0 unspecified atom stereocenters. The first-order valence-electron chi connectivity index (χ1n) is 8.82. The second-order valence-corrected chi connectivity index (χ2v) is 6.11. The van der Waals surface area contributed by atoms with E-state index in [1.807, 2.05) is 0 Å². The molecule has 0 aliphatic rings. The summed E-state index contributed by atoms with van der Waals surface area (Å²) in [4.78, 5) is 34.9. The summed E-state index contributed by atoms with van der Waals surface area (Å²) >= 11 is 0. The van der Waals surface area contributed by atoms with Crippen molar-refractivity contribution >= 4 is 17.8 Å². The zero-order valence-corrected chi connectivity index (χ0v) is 15.0. The van der Waals surface area contributed by atoms with Crippen LogP contribution in [0, 0.1) is 0 Å². The molecule has 25 heavy (non-hydrogen) atoms. The summed E-state index contributed by atoms with van der Waals surface area (Å²) in [6.07, 6.45) is 7.09. The number of primary amides is 1. The number of unbranched alkanes of at least 4 members (excludes halogenated alkanes) is 5. The highest BCUT2D eigenvalue weighted by atomic mass is 16.5. The van der Waals surface area contributed by atoms with Crippen molar-refractivity contribution in [2.75, 3.05) is 0 Å². The van der Waals surface area contributed by atoms with E-state index in [1.165, 1.54) is 32.3 Å².